The number of anilines is 1. The molecule has 1 N–H and O–H groups in total. The number of benzene rings is 2. The van der Waals surface area contributed by atoms with Gasteiger partial charge in [-0.3, -0.25) is 0 Å². The van der Waals surface area contributed by atoms with Crippen molar-refractivity contribution in [2.75, 3.05) is 38.8 Å². The van der Waals surface area contributed by atoms with Crippen LogP contribution in [0.3, 0.4) is 0 Å². The first-order valence-corrected chi connectivity index (χ1v) is 9.33. The Morgan fingerprint density at radius 3 is 2.48 bits per heavy atom. The minimum Gasteiger partial charge on any atom is -0.493 e. The zero-order valence-electron chi connectivity index (χ0n) is 16.3. The van der Waals surface area contributed by atoms with Gasteiger partial charge in [-0.15, -0.1) is 0 Å². The molecule has 148 valence electrons. The second-order valence-corrected chi connectivity index (χ2v) is 6.86. The lowest BCUT2D eigenvalue weighted by Crippen LogP contribution is -2.46. The molecule has 29 heavy (non-hydrogen) atoms. The van der Waals surface area contributed by atoms with Gasteiger partial charge in [0, 0.05) is 42.6 Å². The molecular weight excluding hydrogens is 371 g/mol. The maximum atomic E-state index is 13.3. The van der Waals surface area contributed by atoms with Gasteiger partial charge in [0.1, 0.15) is 17.7 Å². The second kappa shape index (κ2) is 7.94. The lowest BCUT2D eigenvalue weighted by Gasteiger charge is -2.35. The summed E-state index contributed by atoms with van der Waals surface area (Å²) in [6, 6.07) is 12.5. The largest absolute Gasteiger partial charge is 0.493 e. The van der Waals surface area contributed by atoms with E-state index in [9.17, 15) is 9.65 Å². The highest BCUT2D eigenvalue weighted by Crippen LogP contribution is 2.37. The standard InChI is InChI=1S/C22H21FN4O2/c1-28-20-9-17-15(11-24)12-26-22(18(17)10-21(20)29-2)27-8-7-25-19(13-27)14-3-5-16(23)6-4-14/h3-6,9-10,12,19,25H,7-8,13H2,1-2H3. The van der Waals surface area contributed by atoms with E-state index >= 15 is 0 Å². The molecule has 2 aromatic carbocycles. The molecule has 0 spiro atoms. The maximum Gasteiger partial charge on any atom is 0.161 e. The molecule has 1 aliphatic heterocycles. The Morgan fingerprint density at radius 1 is 1.14 bits per heavy atom. The smallest absolute Gasteiger partial charge is 0.161 e. The number of methoxy groups -OCH3 is 2. The molecule has 1 saturated heterocycles. The number of nitriles is 1. The number of ether oxygens (including phenoxy) is 2. The van der Waals surface area contributed by atoms with Crippen molar-refractivity contribution < 1.29 is 13.9 Å². The van der Waals surface area contributed by atoms with Gasteiger partial charge in [0.15, 0.2) is 11.5 Å². The fourth-order valence-electron chi connectivity index (χ4n) is 3.75. The molecule has 1 atom stereocenters. The first kappa shape index (κ1) is 19.0. The monoisotopic (exact) mass is 392 g/mol. The summed E-state index contributed by atoms with van der Waals surface area (Å²) >= 11 is 0. The van der Waals surface area contributed by atoms with Crippen molar-refractivity contribution in [3.8, 4) is 17.6 Å². The summed E-state index contributed by atoms with van der Waals surface area (Å²) in [6.07, 6.45) is 1.60. The molecular formula is C22H21FN4O2. The average Bonchev–Trinajstić information content (AvgIpc) is 2.77. The Hall–Kier alpha value is -3.37. The highest BCUT2D eigenvalue weighted by Gasteiger charge is 2.24. The van der Waals surface area contributed by atoms with Crippen LogP contribution in [0.4, 0.5) is 10.2 Å². The van der Waals surface area contributed by atoms with Crippen molar-refractivity contribution in [1.29, 1.82) is 5.26 Å². The molecule has 6 nitrogen and oxygen atoms in total. The van der Waals surface area contributed by atoms with Crippen LogP contribution in [0.2, 0.25) is 0 Å². The van der Waals surface area contributed by atoms with Crippen LogP contribution in [-0.2, 0) is 0 Å². The molecule has 0 bridgehead atoms. The Balaban J connectivity index is 1.76. The lowest BCUT2D eigenvalue weighted by atomic mass is 10.0. The Morgan fingerprint density at radius 2 is 1.83 bits per heavy atom. The van der Waals surface area contributed by atoms with E-state index in [1.54, 1.807) is 32.5 Å². The topological polar surface area (TPSA) is 70.4 Å². The highest BCUT2D eigenvalue weighted by molar-refractivity contribution is 5.98. The number of pyridine rings is 1. The number of piperazine rings is 1. The van der Waals surface area contributed by atoms with Gasteiger partial charge in [-0.2, -0.15) is 5.26 Å². The van der Waals surface area contributed by atoms with E-state index in [1.165, 1.54) is 12.1 Å². The van der Waals surface area contributed by atoms with Gasteiger partial charge >= 0.3 is 0 Å². The normalized spacial score (nSPS) is 16.5. The van der Waals surface area contributed by atoms with Crippen LogP contribution in [0.25, 0.3) is 10.8 Å². The summed E-state index contributed by atoms with van der Waals surface area (Å²) in [7, 11) is 3.15. The third kappa shape index (κ3) is 3.55. The Bertz CT molecular complexity index is 1080. The number of fused-ring (bicyclic) bond motifs is 1. The molecule has 1 fully saturated rings. The molecule has 2 heterocycles. The van der Waals surface area contributed by atoms with E-state index in [0.29, 0.717) is 23.6 Å². The van der Waals surface area contributed by atoms with Crippen molar-refractivity contribution >= 4 is 16.6 Å². The van der Waals surface area contributed by atoms with Gasteiger partial charge < -0.3 is 19.7 Å². The van der Waals surface area contributed by atoms with Gasteiger partial charge in [0.05, 0.1) is 19.8 Å². The van der Waals surface area contributed by atoms with Crippen molar-refractivity contribution in [1.82, 2.24) is 10.3 Å². The molecule has 1 aromatic heterocycles. The fourth-order valence-corrected chi connectivity index (χ4v) is 3.75. The SMILES string of the molecule is COc1cc2c(C#N)cnc(N3CCNC(c4ccc(F)cc4)C3)c2cc1OC. The summed E-state index contributed by atoms with van der Waals surface area (Å²) in [5, 5.41) is 14.6. The summed E-state index contributed by atoms with van der Waals surface area (Å²) in [6.45, 7) is 2.20. The summed E-state index contributed by atoms with van der Waals surface area (Å²) in [4.78, 5) is 6.77. The molecule has 0 aliphatic carbocycles. The zero-order chi connectivity index (χ0) is 20.4. The van der Waals surface area contributed by atoms with E-state index in [-0.39, 0.29) is 11.9 Å². The predicted octanol–water partition coefficient (Wildman–Crippen LogP) is 3.41. The van der Waals surface area contributed by atoms with Gasteiger partial charge in [-0.1, -0.05) is 12.1 Å². The van der Waals surface area contributed by atoms with E-state index < -0.39 is 0 Å². The van der Waals surface area contributed by atoms with Crippen LogP contribution < -0.4 is 19.7 Å². The van der Waals surface area contributed by atoms with E-state index in [4.69, 9.17) is 9.47 Å². The van der Waals surface area contributed by atoms with Crippen LogP contribution in [-0.4, -0.2) is 38.8 Å². The predicted molar refractivity (Wildman–Crippen MR) is 109 cm³/mol. The van der Waals surface area contributed by atoms with Crippen LogP contribution in [0.15, 0.2) is 42.6 Å². The number of aromatic nitrogens is 1. The molecule has 0 saturated carbocycles. The zero-order valence-corrected chi connectivity index (χ0v) is 16.3. The minimum atomic E-state index is -0.248. The van der Waals surface area contributed by atoms with Crippen LogP contribution >= 0.6 is 0 Å². The van der Waals surface area contributed by atoms with E-state index in [0.717, 1.165) is 35.2 Å². The number of hydrogen-bond donors (Lipinski definition) is 1. The van der Waals surface area contributed by atoms with Gasteiger partial charge in [0.25, 0.3) is 0 Å². The number of nitrogens with one attached hydrogen (secondary N) is 1. The van der Waals surface area contributed by atoms with Crippen molar-refractivity contribution in [2.24, 2.45) is 0 Å². The third-order valence-corrected chi connectivity index (χ3v) is 5.24. The number of nitrogens with zero attached hydrogens (tertiary/aromatic N) is 3. The van der Waals surface area contributed by atoms with Crippen molar-refractivity contribution in [3.63, 3.8) is 0 Å². The van der Waals surface area contributed by atoms with Crippen molar-refractivity contribution in [2.45, 2.75) is 6.04 Å². The summed E-state index contributed by atoms with van der Waals surface area (Å²) in [5.74, 6) is 1.69. The first-order valence-electron chi connectivity index (χ1n) is 9.33. The second-order valence-electron chi connectivity index (χ2n) is 6.86. The summed E-state index contributed by atoms with van der Waals surface area (Å²) in [5.41, 5.74) is 1.50. The summed E-state index contributed by atoms with van der Waals surface area (Å²) < 4.78 is 24.1. The average molecular weight is 392 g/mol. The van der Waals surface area contributed by atoms with E-state index in [2.05, 4.69) is 21.3 Å². The van der Waals surface area contributed by atoms with Crippen LogP contribution in [0.1, 0.15) is 17.2 Å². The molecule has 0 radical (unpaired) electrons. The van der Waals surface area contributed by atoms with Gasteiger partial charge in [-0.05, 0) is 29.8 Å². The van der Waals surface area contributed by atoms with E-state index in [1.807, 2.05) is 12.1 Å². The van der Waals surface area contributed by atoms with Gasteiger partial charge in [0.2, 0.25) is 0 Å². The highest BCUT2D eigenvalue weighted by atomic mass is 19.1. The molecule has 7 heteroatoms. The quantitative estimate of drug-likeness (QED) is 0.734. The number of rotatable bonds is 4. The maximum absolute atomic E-state index is 13.3. The Labute approximate surface area is 168 Å². The lowest BCUT2D eigenvalue weighted by molar-refractivity contribution is 0.356. The van der Waals surface area contributed by atoms with Crippen LogP contribution in [0.5, 0.6) is 11.5 Å². The third-order valence-electron chi connectivity index (χ3n) is 5.24. The number of hydrogen-bond acceptors (Lipinski definition) is 6. The molecule has 0 amide bonds. The molecule has 4 rings (SSSR count). The Kier molecular flexibility index (Phi) is 5.19. The minimum absolute atomic E-state index is 0.0528. The molecule has 3 aromatic rings. The molecule has 1 aliphatic rings. The fraction of sp³-hybridized carbons (Fsp3) is 0.273. The number of halogens is 1. The molecule has 1 unspecified atom stereocenters. The first-order chi connectivity index (χ1) is 14.1. The van der Waals surface area contributed by atoms with Crippen molar-refractivity contribution in [3.05, 3.63) is 59.5 Å². The van der Waals surface area contributed by atoms with Crippen LogP contribution in [0, 0.1) is 17.1 Å². The van der Waals surface area contributed by atoms with Gasteiger partial charge in [-0.25, -0.2) is 9.37 Å².